The number of aromatic nitrogens is 2. The highest BCUT2D eigenvalue weighted by atomic mass is 15.1. The summed E-state index contributed by atoms with van der Waals surface area (Å²) in [5, 5.41) is 3.55. The molecule has 1 N–H and O–H groups in total. The zero-order chi connectivity index (χ0) is 10.3. The second-order valence-corrected chi connectivity index (χ2v) is 4.85. The van der Waals surface area contributed by atoms with Crippen molar-refractivity contribution < 1.29 is 0 Å². The van der Waals surface area contributed by atoms with E-state index in [0.29, 0.717) is 6.04 Å². The molecule has 1 aliphatic heterocycles. The number of imidazole rings is 1. The lowest BCUT2D eigenvalue weighted by Gasteiger charge is -2.13. The minimum Gasteiger partial charge on any atom is -0.330 e. The van der Waals surface area contributed by atoms with Crippen LogP contribution in [0.5, 0.6) is 0 Å². The fraction of sp³-hybridized carbons (Fsp3) is 0.750. The van der Waals surface area contributed by atoms with E-state index >= 15 is 0 Å². The van der Waals surface area contributed by atoms with Gasteiger partial charge in [-0.2, -0.15) is 0 Å². The van der Waals surface area contributed by atoms with E-state index in [1.54, 1.807) is 0 Å². The van der Waals surface area contributed by atoms with Crippen molar-refractivity contribution in [3.8, 4) is 0 Å². The monoisotopic (exact) mass is 205 g/mol. The molecule has 15 heavy (non-hydrogen) atoms. The molecule has 1 aliphatic carbocycles. The Balaban J connectivity index is 1.80. The third kappa shape index (κ3) is 1.59. The van der Waals surface area contributed by atoms with Crippen molar-refractivity contribution in [3.05, 3.63) is 18.2 Å². The van der Waals surface area contributed by atoms with Crippen molar-refractivity contribution in [2.24, 2.45) is 5.92 Å². The molecule has 2 aliphatic rings. The van der Waals surface area contributed by atoms with Gasteiger partial charge >= 0.3 is 0 Å². The molecule has 1 aromatic rings. The second kappa shape index (κ2) is 3.63. The third-order valence-corrected chi connectivity index (χ3v) is 3.88. The maximum atomic E-state index is 4.32. The maximum absolute atomic E-state index is 4.32. The normalized spacial score (nSPS) is 34.6. The molecule has 0 aromatic carbocycles. The number of rotatable bonds is 3. The lowest BCUT2D eigenvalue weighted by molar-refractivity contribution is 0.548. The van der Waals surface area contributed by atoms with Crippen LogP contribution in [-0.2, 0) is 0 Å². The average Bonchev–Trinajstić information content (AvgIpc) is 2.73. The highest BCUT2D eigenvalue weighted by molar-refractivity contribution is 5.11. The predicted molar refractivity (Wildman–Crippen MR) is 59.6 cm³/mol. The van der Waals surface area contributed by atoms with Gasteiger partial charge in [0, 0.05) is 18.3 Å². The summed E-state index contributed by atoms with van der Waals surface area (Å²) in [6, 6.07) is 1.31. The molecule has 3 heteroatoms. The fourth-order valence-corrected chi connectivity index (χ4v) is 2.81. The van der Waals surface area contributed by atoms with E-state index in [1.807, 2.05) is 12.5 Å². The maximum Gasteiger partial charge on any atom is 0.0951 e. The van der Waals surface area contributed by atoms with Crippen molar-refractivity contribution in [1.29, 1.82) is 0 Å². The second-order valence-electron chi connectivity index (χ2n) is 4.85. The highest BCUT2D eigenvalue weighted by Crippen LogP contribution is 2.46. The van der Waals surface area contributed by atoms with Gasteiger partial charge in [-0.25, -0.2) is 4.98 Å². The van der Waals surface area contributed by atoms with Crippen LogP contribution in [0, 0.1) is 5.92 Å². The van der Waals surface area contributed by atoms with E-state index < -0.39 is 0 Å². The van der Waals surface area contributed by atoms with E-state index in [0.717, 1.165) is 18.5 Å². The van der Waals surface area contributed by atoms with E-state index in [4.69, 9.17) is 0 Å². The molecular weight excluding hydrogens is 186 g/mol. The van der Waals surface area contributed by atoms with E-state index in [1.165, 1.54) is 31.4 Å². The smallest absolute Gasteiger partial charge is 0.0951 e. The van der Waals surface area contributed by atoms with Crippen molar-refractivity contribution in [1.82, 2.24) is 14.9 Å². The summed E-state index contributed by atoms with van der Waals surface area (Å²) in [6.07, 6.45) is 9.31. The van der Waals surface area contributed by atoms with Gasteiger partial charge in [0.25, 0.3) is 0 Å². The van der Waals surface area contributed by atoms with Crippen LogP contribution in [0.1, 0.15) is 50.4 Å². The number of hydrogen-bond acceptors (Lipinski definition) is 2. The zero-order valence-electron chi connectivity index (χ0n) is 9.32. The van der Waals surface area contributed by atoms with Crippen LogP contribution in [-0.4, -0.2) is 16.1 Å². The van der Waals surface area contributed by atoms with Crippen molar-refractivity contribution in [2.75, 3.05) is 6.54 Å². The van der Waals surface area contributed by atoms with Crippen molar-refractivity contribution in [3.63, 3.8) is 0 Å². The molecule has 3 atom stereocenters. The summed E-state index contributed by atoms with van der Waals surface area (Å²) >= 11 is 0. The first kappa shape index (κ1) is 9.40. The average molecular weight is 205 g/mol. The Hall–Kier alpha value is -0.830. The van der Waals surface area contributed by atoms with Crippen LogP contribution in [0.4, 0.5) is 0 Å². The van der Waals surface area contributed by atoms with Gasteiger partial charge in [0.1, 0.15) is 0 Å². The molecule has 82 valence electrons. The zero-order valence-corrected chi connectivity index (χ0v) is 9.32. The first-order valence-corrected chi connectivity index (χ1v) is 6.15. The van der Waals surface area contributed by atoms with Gasteiger partial charge in [0.15, 0.2) is 0 Å². The lowest BCUT2D eigenvalue weighted by atomic mass is 10.1. The molecular formula is C12H19N3. The van der Waals surface area contributed by atoms with Crippen LogP contribution < -0.4 is 5.32 Å². The summed E-state index contributed by atoms with van der Waals surface area (Å²) in [5.41, 5.74) is 1.41. The molecule has 0 spiro atoms. The number of hydrogen-bond donors (Lipinski definition) is 1. The topological polar surface area (TPSA) is 29.9 Å². The minimum atomic E-state index is 0.561. The van der Waals surface area contributed by atoms with Gasteiger partial charge in [-0.1, -0.05) is 13.3 Å². The van der Waals surface area contributed by atoms with E-state index in [-0.39, 0.29) is 0 Å². The van der Waals surface area contributed by atoms with Gasteiger partial charge < -0.3 is 9.88 Å². The van der Waals surface area contributed by atoms with Gasteiger partial charge in [-0.15, -0.1) is 0 Å². The molecule has 2 fully saturated rings. The predicted octanol–water partition coefficient (Wildman–Crippen LogP) is 2.28. The standard InChI is InChI=1S/C12H19N3/c1-2-9-6-11(9)15-8-13-7-12(15)10-4-3-5-14-10/h7-11,14H,2-6H2,1H3. The summed E-state index contributed by atoms with van der Waals surface area (Å²) in [5.74, 6) is 0.902. The molecule has 1 aromatic heterocycles. The third-order valence-electron chi connectivity index (χ3n) is 3.88. The van der Waals surface area contributed by atoms with Gasteiger partial charge in [0.05, 0.1) is 12.0 Å². The minimum absolute atomic E-state index is 0.561. The SMILES string of the molecule is CCC1CC1n1cncc1C1CCCN1. The molecule has 3 unspecified atom stereocenters. The molecule has 0 radical (unpaired) electrons. The van der Waals surface area contributed by atoms with Crippen LogP contribution in [0.25, 0.3) is 0 Å². The summed E-state index contributed by atoms with van der Waals surface area (Å²) in [4.78, 5) is 4.32. The summed E-state index contributed by atoms with van der Waals surface area (Å²) in [7, 11) is 0. The molecule has 0 amide bonds. The van der Waals surface area contributed by atoms with Crippen molar-refractivity contribution >= 4 is 0 Å². The Bertz CT molecular complexity index is 338. The number of nitrogens with zero attached hydrogens (tertiary/aromatic N) is 2. The molecule has 3 rings (SSSR count). The van der Waals surface area contributed by atoms with Crippen LogP contribution >= 0.6 is 0 Å². The van der Waals surface area contributed by atoms with Crippen LogP contribution in [0.3, 0.4) is 0 Å². The Morgan fingerprint density at radius 3 is 3.20 bits per heavy atom. The Kier molecular flexibility index (Phi) is 2.28. The molecule has 0 bridgehead atoms. The van der Waals surface area contributed by atoms with Crippen molar-refractivity contribution in [2.45, 2.75) is 44.7 Å². The molecule has 1 saturated heterocycles. The van der Waals surface area contributed by atoms with Crippen LogP contribution in [0.15, 0.2) is 12.5 Å². The van der Waals surface area contributed by atoms with Gasteiger partial charge in [-0.3, -0.25) is 0 Å². The Morgan fingerprint density at radius 1 is 1.60 bits per heavy atom. The van der Waals surface area contributed by atoms with E-state index in [9.17, 15) is 0 Å². The molecule has 1 saturated carbocycles. The molecule has 2 heterocycles. The molecule has 3 nitrogen and oxygen atoms in total. The lowest BCUT2D eigenvalue weighted by Crippen LogP contribution is -2.16. The summed E-state index contributed by atoms with van der Waals surface area (Å²) in [6.45, 7) is 3.45. The fourth-order valence-electron chi connectivity index (χ4n) is 2.81. The summed E-state index contributed by atoms with van der Waals surface area (Å²) < 4.78 is 2.41. The first-order valence-electron chi connectivity index (χ1n) is 6.15. The number of nitrogens with one attached hydrogen (secondary N) is 1. The highest BCUT2D eigenvalue weighted by Gasteiger charge is 2.38. The quantitative estimate of drug-likeness (QED) is 0.820. The largest absolute Gasteiger partial charge is 0.330 e. The van der Waals surface area contributed by atoms with Gasteiger partial charge in [-0.05, 0) is 31.7 Å². The van der Waals surface area contributed by atoms with Gasteiger partial charge in [0.2, 0.25) is 0 Å². The van der Waals surface area contributed by atoms with Crippen LogP contribution in [0.2, 0.25) is 0 Å². The van der Waals surface area contributed by atoms with E-state index in [2.05, 4.69) is 21.8 Å². The Labute approximate surface area is 90.9 Å². The Morgan fingerprint density at radius 2 is 2.53 bits per heavy atom. The first-order chi connectivity index (χ1) is 7.40.